The number of nitriles is 1. The average molecular weight is 231 g/mol. The molecule has 5 nitrogen and oxygen atoms in total. The number of carboxylic acids is 1. The maximum atomic E-state index is 11.4. The third kappa shape index (κ3) is 2.77. The number of nitrogens with zero attached hydrogens (tertiary/aromatic N) is 2. The molecule has 0 saturated carbocycles. The van der Waals surface area contributed by atoms with E-state index < -0.39 is 11.5 Å². The van der Waals surface area contributed by atoms with Crippen molar-refractivity contribution in [3.63, 3.8) is 0 Å². The van der Waals surface area contributed by atoms with E-state index in [-0.39, 0.29) is 62.5 Å². The van der Waals surface area contributed by atoms with Gasteiger partial charge >= 0.3 is 57.4 Å². The fourth-order valence-corrected chi connectivity index (χ4v) is 1.10. The van der Waals surface area contributed by atoms with Gasteiger partial charge in [-0.05, 0) is 13.0 Å². The summed E-state index contributed by atoms with van der Waals surface area (Å²) >= 11 is 0. The monoisotopic (exact) mass is 231 g/mol. The summed E-state index contributed by atoms with van der Waals surface area (Å²) in [6, 6.07) is 2.91. The normalized spacial score (nSPS) is 8.87. The van der Waals surface area contributed by atoms with Gasteiger partial charge in [-0.2, -0.15) is 5.26 Å². The first kappa shape index (κ1) is 14.5. The zero-order valence-electron chi connectivity index (χ0n) is 8.74. The van der Waals surface area contributed by atoms with E-state index >= 15 is 0 Å². The van der Waals surface area contributed by atoms with E-state index in [9.17, 15) is 9.59 Å². The number of hydrogen-bond acceptors (Lipinski definition) is 3. The minimum atomic E-state index is -1.26. The minimum absolute atomic E-state index is 0. The molecule has 0 aliphatic carbocycles. The van der Waals surface area contributed by atoms with Crippen LogP contribution in [0.25, 0.3) is 0 Å². The summed E-state index contributed by atoms with van der Waals surface area (Å²) in [7, 11) is 1.49. The van der Waals surface area contributed by atoms with Gasteiger partial charge in [0.15, 0.2) is 0 Å². The van der Waals surface area contributed by atoms with Gasteiger partial charge in [-0.15, -0.1) is 0 Å². The summed E-state index contributed by atoms with van der Waals surface area (Å²) in [5.41, 5.74) is -0.644. The zero-order chi connectivity index (χ0) is 10.9. The van der Waals surface area contributed by atoms with Crippen LogP contribution >= 0.6 is 0 Å². The van der Waals surface area contributed by atoms with Crippen LogP contribution in [0, 0.1) is 18.3 Å². The Morgan fingerprint density at radius 3 is 2.53 bits per heavy atom. The van der Waals surface area contributed by atoms with Gasteiger partial charge in [-0.25, -0.2) is 4.79 Å². The molecule has 0 aliphatic rings. The summed E-state index contributed by atoms with van der Waals surface area (Å²) < 4.78 is 1.24. The fraction of sp³-hybridized carbons (Fsp3) is 0.222. The largest absolute Gasteiger partial charge is 1.00 e. The fourth-order valence-electron chi connectivity index (χ4n) is 1.10. The Bertz CT molecular complexity index is 499. The van der Waals surface area contributed by atoms with Gasteiger partial charge in [0.2, 0.25) is 0 Å². The Kier molecular flexibility index (Phi) is 5.41. The second-order valence-electron chi connectivity index (χ2n) is 2.86. The third-order valence-electron chi connectivity index (χ3n) is 2.01. The molecule has 0 bridgehead atoms. The second-order valence-corrected chi connectivity index (χ2v) is 2.86. The van der Waals surface area contributed by atoms with Crippen molar-refractivity contribution in [3.05, 3.63) is 33.2 Å². The second kappa shape index (κ2) is 5.58. The number of rotatable bonds is 1. The van der Waals surface area contributed by atoms with Crippen LogP contribution in [0.2, 0.25) is 0 Å². The smallest absolute Gasteiger partial charge is 0.478 e. The van der Waals surface area contributed by atoms with Gasteiger partial charge in [0.05, 0.1) is 5.56 Å². The Morgan fingerprint density at radius 2 is 2.13 bits per heavy atom. The topological polar surface area (TPSA) is 83.1 Å². The van der Waals surface area contributed by atoms with E-state index in [4.69, 9.17) is 10.4 Å². The SMILES string of the molecule is Cc1cc(C(=O)O)c(C#N)c(=O)n1C.[K+]. The van der Waals surface area contributed by atoms with Crippen molar-refractivity contribution >= 4 is 5.97 Å². The van der Waals surface area contributed by atoms with E-state index in [1.54, 1.807) is 13.0 Å². The van der Waals surface area contributed by atoms with Crippen molar-refractivity contribution in [1.29, 1.82) is 5.26 Å². The number of carbonyl (C=O) groups is 1. The van der Waals surface area contributed by atoms with Crippen molar-refractivity contribution in [2.75, 3.05) is 0 Å². The number of carboxylic acid groups (broad SMARTS) is 1. The van der Waals surface area contributed by atoms with Crippen molar-refractivity contribution < 1.29 is 61.3 Å². The van der Waals surface area contributed by atoms with Gasteiger partial charge in [-0.3, -0.25) is 4.79 Å². The molecule has 1 aromatic rings. The summed E-state index contributed by atoms with van der Waals surface area (Å²) in [6.07, 6.45) is 0. The van der Waals surface area contributed by atoms with E-state index in [1.807, 2.05) is 0 Å². The molecule has 0 unspecified atom stereocenters. The van der Waals surface area contributed by atoms with Crippen molar-refractivity contribution in [2.24, 2.45) is 7.05 Å². The van der Waals surface area contributed by atoms with Crippen molar-refractivity contribution in [3.8, 4) is 6.07 Å². The molecular formula is C9H8KN2O3+. The first-order valence-corrected chi connectivity index (χ1v) is 3.83. The van der Waals surface area contributed by atoms with E-state index in [0.717, 1.165) is 0 Å². The summed E-state index contributed by atoms with van der Waals surface area (Å²) in [5.74, 6) is -1.26. The molecule has 0 atom stereocenters. The molecule has 15 heavy (non-hydrogen) atoms. The van der Waals surface area contributed by atoms with Crippen LogP contribution in [0.4, 0.5) is 0 Å². The van der Waals surface area contributed by atoms with Gasteiger partial charge in [0, 0.05) is 12.7 Å². The van der Waals surface area contributed by atoms with Gasteiger partial charge in [-0.1, -0.05) is 0 Å². The van der Waals surface area contributed by atoms with Crippen LogP contribution in [-0.2, 0) is 7.05 Å². The molecule has 1 rings (SSSR count). The van der Waals surface area contributed by atoms with Crippen LogP contribution in [0.3, 0.4) is 0 Å². The van der Waals surface area contributed by atoms with E-state index in [0.29, 0.717) is 5.69 Å². The summed E-state index contributed by atoms with van der Waals surface area (Å²) in [4.78, 5) is 22.1. The Balaban J connectivity index is 0.00000196. The molecule has 0 aliphatic heterocycles. The molecule has 0 radical (unpaired) electrons. The molecule has 1 heterocycles. The first-order chi connectivity index (χ1) is 6.49. The number of aryl methyl sites for hydroxylation is 1. The molecule has 0 saturated heterocycles. The van der Waals surface area contributed by atoms with Gasteiger partial charge in [0.25, 0.3) is 5.56 Å². The maximum Gasteiger partial charge on any atom is 1.00 e. The molecule has 6 heteroatoms. The van der Waals surface area contributed by atoms with Crippen LogP contribution in [0.5, 0.6) is 0 Å². The van der Waals surface area contributed by atoms with Crippen LogP contribution < -0.4 is 56.9 Å². The quantitative estimate of drug-likeness (QED) is 0.532. The summed E-state index contributed by atoms with van der Waals surface area (Å²) in [5, 5.41) is 17.4. The molecule has 72 valence electrons. The summed E-state index contributed by atoms with van der Waals surface area (Å²) in [6.45, 7) is 1.61. The zero-order valence-corrected chi connectivity index (χ0v) is 11.9. The Morgan fingerprint density at radius 1 is 1.60 bits per heavy atom. The standard InChI is InChI=1S/C9H8N2O3.K/c1-5-3-6(9(13)14)7(4-10)8(12)11(5)2;/h3H,1-2H3,(H,13,14);/q;+1. The average Bonchev–Trinajstić information content (AvgIpc) is 2.13. The van der Waals surface area contributed by atoms with Crippen molar-refractivity contribution in [1.82, 2.24) is 4.57 Å². The van der Waals surface area contributed by atoms with E-state index in [2.05, 4.69) is 0 Å². The third-order valence-corrected chi connectivity index (χ3v) is 2.01. The molecule has 0 fully saturated rings. The predicted molar refractivity (Wildman–Crippen MR) is 48.1 cm³/mol. The number of aromatic carboxylic acids is 1. The number of aromatic nitrogens is 1. The number of pyridine rings is 1. The maximum absolute atomic E-state index is 11.4. The predicted octanol–water partition coefficient (Wildman–Crippen LogP) is -2.73. The molecule has 1 N–H and O–H groups in total. The van der Waals surface area contributed by atoms with E-state index in [1.165, 1.54) is 17.7 Å². The molecule has 0 aromatic carbocycles. The first-order valence-electron chi connectivity index (χ1n) is 3.83. The Labute approximate surface area is 129 Å². The van der Waals surface area contributed by atoms with Gasteiger partial charge < -0.3 is 9.67 Å². The van der Waals surface area contributed by atoms with Crippen molar-refractivity contribution in [2.45, 2.75) is 6.92 Å². The molecule has 0 amide bonds. The Hall–Kier alpha value is -0.454. The van der Waals surface area contributed by atoms with Crippen LogP contribution in [-0.4, -0.2) is 15.6 Å². The number of hydrogen-bond donors (Lipinski definition) is 1. The molecule has 0 spiro atoms. The minimum Gasteiger partial charge on any atom is -0.478 e. The van der Waals surface area contributed by atoms with Crippen LogP contribution in [0.1, 0.15) is 21.6 Å². The molecule has 1 aromatic heterocycles. The van der Waals surface area contributed by atoms with Crippen LogP contribution in [0.15, 0.2) is 10.9 Å². The molecular weight excluding hydrogens is 223 g/mol. The van der Waals surface area contributed by atoms with Gasteiger partial charge in [0.1, 0.15) is 11.6 Å².